The molecule has 4 heterocycles. The van der Waals surface area contributed by atoms with Crippen LogP contribution in [0.1, 0.15) is 6.92 Å². The Hall–Kier alpha value is -3.09. The van der Waals surface area contributed by atoms with E-state index in [4.69, 9.17) is 4.74 Å². The van der Waals surface area contributed by atoms with E-state index in [1.165, 1.54) is 24.1 Å². The molecule has 0 aromatic carbocycles. The van der Waals surface area contributed by atoms with Gasteiger partial charge in [0, 0.05) is 37.4 Å². The van der Waals surface area contributed by atoms with Gasteiger partial charge in [-0.3, -0.25) is 9.59 Å². The number of Topliss-reactive ketones (excluding diaryl/α,β-unsaturated/α-hetero) is 2. The maximum Gasteiger partial charge on any atom is 0.434 e. The number of aromatic nitrogens is 2. The molecule has 4 atom stereocenters. The minimum atomic E-state index is -0.956. The van der Waals surface area contributed by atoms with Crippen LogP contribution in [0.4, 0.5) is 5.95 Å². The van der Waals surface area contributed by atoms with Gasteiger partial charge in [0.15, 0.2) is 5.72 Å². The Bertz CT molecular complexity index is 1080. The van der Waals surface area contributed by atoms with Crippen LogP contribution in [-0.2, 0) is 20.9 Å². The summed E-state index contributed by atoms with van der Waals surface area (Å²) >= 11 is 0. The maximum absolute atomic E-state index is 13.4. The molecule has 0 spiro atoms. The van der Waals surface area contributed by atoms with Crippen molar-refractivity contribution in [3.05, 3.63) is 45.0 Å². The number of hydrogen-bond donors (Lipinski definition) is 3. The predicted molar refractivity (Wildman–Crippen MR) is 104 cm³/mol. The minimum Gasteiger partial charge on any atom is -0.396 e. The topological polar surface area (TPSA) is 162 Å². The van der Waals surface area contributed by atoms with Crippen molar-refractivity contribution in [2.45, 2.75) is 31.3 Å². The number of carbonyl (C=O) groups excluding carboxylic acids is 2. The Morgan fingerprint density at radius 2 is 2.23 bits per heavy atom. The highest BCUT2D eigenvalue weighted by Crippen LogP contribution is 2.55. The van der Waals surface area contributed by atoms with Gasteiger partial charge in [-0.05, 0) is 11.8 Å². The van der Waals surface area contributed by atoms with Crippen molar-refractivity contribution in [3.8, 4) is 0 Å². The molecule has 164 valence electrons. The quantitative estimate of drug-likeness (QED) is 0.205. The number of nitrogens with one attached hydrogen (secondary N) is 2. The second kappa shape index (κ2) is 6.70. The fraction of sp³-hybridized carbons (Fsp3) is 0.526. The number of aliphatic hydroxyl groups is 1. The molecule has 5 rings (SSSR count). The van der Waals surface area contributed by atoms with E-state index in [1.54, 1.807) is 6.92 Å². The Balaban J connectivity index is 1.41. The van der Waals surface area contributed by atoms with Gasteiger partial charge in [0.1, 0.15) is 12.4 Å². The number of piperazine rings is 1. The average molecular weight is 430 g/mol. The Labute approximate surface area is 176 Å². The molecule has 3 aliphatic heterocycles. The smallest absolute Gasteiger partial charge is 0.396 e. The van der Waals surface area contributed by atoms with Gasteiger partial charge in [-0.1, -0.05) is 4.98 Å². The molecule has 12 nitrogen and oxygen atoms in total. The van der Waals surface area contributed by atoms with Crippen molar-refractivity contribution in [2.75, 3.05) is 26.8 Å². The largest absolute Gasteiger partial charge is 0.434 e. The second-order valence-corrected chi connectivity index (χ2v) is 8.08. The summed E-state index contributed by atoms with van der Waals surface area (Å²) in [6.07, 6.45) is 2.81. The van der Waals surface area contributed by atoms with Crippen LogP contribution in [0.25, 0.3) is 0 Å². The standard InChI is InChI=1S/C19H22N6O6/c1-9-13(20-3-5-23-6-4-21-18(23)25(29)30)16(28)12-10(8-26)19(31-2)17-11(22-17)7-24(19)14(12)15(9)27/h4,6,10-11,17,20,22,26H,3,5,7-8H2,1-2H3. The molecular formula is C19H22N6O6. The number of imidazole rings is 1. The summed E-state index contributed by atoms with van der Waals surface area (Å²) in [5.74, 6) is -1.58. The highest BCUT2D eigenvalue weighted by atomic mass is 16.6. The molecule has 12 heteroatoms. The van der Waals surface area contributed by atoms with Gasteiger partial charge in [-0.25, -0.2) is 4.57 Å². The van der Waals surface area contributed by atoms with Crippen LogP contribution < -0.4 is 10.6 Å². The Kier molecular flexibility index (Phi) is 4.29. The number of nitro groups is 1. The van der Waals surface area contributed by atoms with E-state index in [1.807, 2.05) is 4.90 Å². The number of aliphatic hydroxyl groups excluding tert-OH is 1. The van der Waals surface area contributed by atoms with Gasteiger partial charge >= 0.3 is 5.95 Å². The lowest BCUT2D eigenvalue weighted by atomic mass is 9.82. The van der Waals surface area contributed by atoms with E-state index in [-0.39, 0.29) is 66.1 Å². The van der Waals surface area contributed by atoms with Crippen molar-refractivity contribution in [3.63, 3.8) is 0 Å². The molecule has 1 aliphatic carbocycles. The van der Waals surface area contributed by atoms with E-state index >= 15 is 0 Å². The molecule has 1 aromatic rings. The lowest BCUT2D eigenvalue weighted by Gasteiger charge is -2.39. The van der Waals surface area contributed by atoms with E-state index < -0.39 is 16.6 Å². The monoisotopic (exact) mass is 430 g/mol. The van der Waals surface area contributed by atoms with Crippen LogP contribution in [0.5, 0.6) is 0 Å². The number of carbonyl (C=O) groups is 2. The molecule has 3 N–H and O–H groups in total. The number of rotatable bonds is 7. The molecule has 2 saturated heterocycles. The third-order valence-corrected chi connectivity index (χ3v) is 6.73. The molecule has 1 aromatic heterocycles. The fourth-order valence-electron chi connectivity index (χ4n) is 5.31. The zero-order valence-corrected chi connectivity index (χ0v) is 17.0. The number of allylic oxidation sites excluding steroid dienone is 2. The molecule has 0 amide bonds. The van der Waals surface area contributed by atoms with E-state index in [0.717, 1.165) is 0 Å². The summed E-state index contributed by atoms with van der Waals surface area (Å²) in [7, 11) is 1.53. The lowest BCUT2D eigenvalue weighted by Crippen LogP contribution is -2.54. The summed E-state index contributed by atoms with van der Waals surface area (Å²) in [4.78, 5) is 42.7. The van der Waals surface area contributed by atoms with Crippen molar-refractivity contribution >= 4 is 17.5 Å². The SMILES string of the molecule is COC12C(CO)C3=C(C(=O)C(C)=C(NCCn4ccnc4[N+](=O)[O-])C3=O)N1CC1NC12. The van der Waals surface area contributed by atoms with Crippen LogP contribution in [0, 0.1) is 16.0 Å². The van der Waals surface area contributed by atoms with Crippen LogP contribution in [0.15, 0.2) is 34.9 Å². The number of fused-ring (bicyclic) bond motifs is 4. The Morgan fingerprint density at radius 1 is 1.45 bits per heavy atom. The summed E-state index contributed by atoms with van der Waals surface area (Å²) < 4.78 is 7.20. The molecular weight excluding hydrogens is 408 g/mol. The van der Waals surface area contributed by atoms with Gasteiger partial charge in [-0.15, -0.1) is 0 Å². The Morgan fingerprint density at radius 3 is 2.90 bits per heavy atom. The zero-order chi connectivity index (χ0) is 22.1. The van der Waals surface area contributed by atoms with Crippen LogP contribution >= 0.6 is 0 Å². The molecule has 4 unspecified atom stereocenters. The minimum absolute atomic E-state index is 0.0562. The first kappa shape index (κ1) is 19.8. The summed E-state index contributed by atoms with van der Waals surface area (Å²) in [6, 6.07) is 0.111. The number of nitrogens with zero attached hydrogens (tertiary/aromatic N) is 4. The van der Waals surface area contributed by atoms with E-state index in [9.17, 15) is 24.8 Å². The summed E-state index contributed by atoms with van der Waals surface area (Å²) in [5.41, 5.74) is 0.0536. The summed E-state index contributed by atoms with van der Waals surface area (Å²) in [5, 5.41) is 27.5. The fourth-order valence-corrected chi connectivity index (χ4v) is 5.31. The van der Waals surface area contributed by atoms with Crippen molar-refractivity contribution in [1.82, 2.24) is 25.1 Å². The van der Waals surface area contributed by atoms with Crippen molar-refractivity contribution in [1.29, 1.82) is 0 Å². The summed E-state index contributed by atoms with van der Waals surface area (Å²) in [6.45, 7) is 2.15. The van der Waals surface area contributed by atoms with Crippen LogP contribution in [0.3, 0.4) is 0 Å². The van der Waals surface area contributed by atoms with Gasteiger partial charge < -0.3 is 35.5 Å². The molecule has 0 bridgehead atoms. The maximum atomic E-state index is 13.4. The van der Waals surface area contributed by atoms with Gasteiger partial charge in [0.25, 0.3) is 0 Å². The second-order valence-electron chi connectivity index (χ2n) is 8.08. The van der Waals surface area contributed by atoms with Crippen LogP contribution in [-0.4, -0.2) is 80.7 Å². The first-order valence-electron chi connectivity index (χ1n) is 10.00. The number of hydrogen-bond acceptors (Lipinski definition) is 10. The molecule has 4 aliphatic rings. The van der Waals surface area contributed by atoms with Gasteiger partial charge in [0.05, 0.1) is 36.5 Å². The third-order valence-electron chi connectivity index (χ3n) is 6.73. The highest BCUT2D eigenvalue weighted by molar-refractivity contribution is 6.25. The molecule has 2 fully saturated rings. The van der Waals surface area contributed by atoms with E-state index in [0.29, 0.717) is 12.2 Å². The molecule has 31 heavy (non-hydrogen) atoms. The average Bonchev–Trinajstić information content (AvgIpc) is 3.12. The zero-order valence-electron chi connectivity index (χ0n) is 17.0. The third kappa shape index (κ3) is 2.49. The number of methoxy groups -OCH3 is 1. The molecule has 0 radical (unpaired) electrons. The molecule has 0 saturated carbocycles. The van der Waals surface area contributed by atoms with Crippen LogP contribution in [0.2, 0.25) is 0 Å². The predicted octanol–water partition coefficient (Wildman–Crippen LogP) is -1.32. The van der Waals surface area contributed by atoms with Crippen molar-refractivity contribution in [2.24, 2.45) is 5.92 Å². The number of ketones is 2. The van der Waals surface area contributed by atoms with Gasteiger partial charge in [0.2, 0.25) is 11.6 Å². The lowest BCUT2D eigenvalue weighted by molar-refractivity contribution is -0.396. The highest BCUT2D eigenvalue weighted by Gasteiger charge is 2.72. The first-order chi connectivity index (χ1) is 14.9. The van der Waals surface area contributed by atoms with Crippen molar-refractivity contribution < 1.29 is 24.4 Å². The van der Waals surface area contributed by atoms with Gasteiger partial charge in [-0.2, -0.15) is 0 Å². The normalized spacial score (nSPS) is 31.2. The first-order valence-corrected chi connectivity index (χ1v) is 10.00. The van der Waals surface area contributed by atoms with E-state index in [2.05, 4.69) is 15.6 Å². The number of ether oxygens (including phenoxy) is 1.